The summed E-state index contributed by atoms with van der Waals surface area (Å²) in [7, 11) is 2.14. The van der Waals surface area contributed by atoms with Crippen LogP contribution in [0.2, 0.25) is 0 Å². The third-order valence-electron chi connectivity index (χ3n) is 3.49. The van der Waals surface area contributed by atoms with E-state index < -0.39 is 0 Å². The topological polar surface area (TPSA) is 51.0 Å². The highest BCUT2D eigenvalue weighted by atomic mass is 16.6. The maximum Gasteiger partial charge on any atom is 0.184 e. The number of nitrogens with two attached hydrogens (primary N) is 1. The van der Waals surface area contributed by atoms with Crippen LogP contribution in [-0.4, -0.2) is 51.3 Å². The maximum atomic E-state index is 5.94. The number of ether oxygens (including phenoxy) is 2. The summed E-state index contributed by atoms with van der Waals surface area (Å²) in [5, 5.41) is 0. The first-order chi connectivity index (χ1) is 8.74. The van der Waals surface area contributed by atoms with E-state index in [1.807, 2.05) is 12.1 Å². The van der Waals surface area contributed by atoms with Crippen LogP contribution in [0.15, 0.2) is 12.1 Å². The molecule has 0 spiro atoms. The zero-order valence-corrected chi connectivity index (χ0v) is 10.7. The first-order valence-corrected chi connectivity index (χ1v) is 6.36. The van der Waals surface area contributed by atoms with Gasteiger partial charge in [0.25, 0.3) is 0 Å². The lowest BCUT2D eigenvalue weighted by Crippen LogP contribution is -2.44. The molecule has 1 fully saturated rings. The third kappa shape index (κ3) is 2.06. The van der Waals surface area contributed by atoms with Gasteiger partial charge in [-0.05, 0) is 13.1 Å². The summed E-state index contributed by atoms with van der Waals surface area (Å²) in [5.41, 5.74) is 7.74. The largest absolute Gasteiger partial charge is 0.486 e. The van der Waals surface area contributed by atoms with E-state index in [4.69, 9.17) is 15.2 Å². The highest BCUT2D eigenvalue weighted by Crippen LogP contribution is 2.41. The number of benzene rings is 1. The molecule has 2 N–H and O–H groups in total. The van der Waals surface area contributed by atoms with E-state index in [-0.39, 0.29) is 0 Å². The zero-order chi connectivity index (χ0) is 12.5. The van der Waals surface area contributed by atoms with Gasteiger partial charge in [-0.15, -0.1) is 0 Å². The van der Waals surface area contributed by atoms with Gasteiger partial charge in [0.15, 0.2) is 11.5 Å². The van der Waals surface area contributed by atoms with E-state index in [9.17, 15) is 0 Å². The van der Waals surface area contributed by atoms with Crippen LogP contribution in [0, 0.1) is 0 Å². The van der Waals surface area contributed by atoms with E-state index in [2.05, 4.69) is 16.8 Å². The molecule has 0 aromatic heterocycles. The molecule has 3 rings (SSSR count). The Balaban J connectivity index is 1.93. The molecular weight excluding hydrogens is 230 g/mol. The zero-order valence-electron chi connectivity index (χ0n) is 10.7. The predicted octanol–water partition coefficient (Wildman–Crippen LogP) is 0.792. The summed E-state index contributed by atoms with van der Waals surface area (Å²) in [6, 6.07) is 3.83. The van der Waals surface area contributed by atoms with Crippen LogP contribution in [0.5, 0.6) is 11.5 Å². The smallest absolute Gasteiger partial charge is 0.184 e. The minimum Gasteiger partial charge on any atom is -0.486 e. The monoisotopic (exact) mass is 249 g/mol. The van der Waals surface area contributed by atoms with Gasteiger partial charge in [0, 0.05) is 37.9 Å². The molecular formula is C13H19N3O2. The van der Waals surface area contributed by atoms with Crippen molar-refractivity contribution in [2.45, 2.75) is 0 Å². The summed E-state index contributed by atoms with van der Waals surface area (Å²) < 4.78 is 11.4. The van der Waals surface area contributed by atoms with Gasteiger partial charge in [-0.1, -0.05) is 0 Å². The molecule has 1 saturated heterocycles. The molecule has 2 heterocycles. The molecule has 0 saturated carbocycles. The SMILES string of the molecule is CN1CCN(c2cc(N)cc3c2OCCO3)CC1. The van der Waals surface area contributed by atoms with E-state index >= 15 is 0 Å². The van der Waals surface area contributed by atoms with Gasteiger partial charge in [-0.3, -0.25) is 0 Å². The molecule has 0 atom stereocenters. The quantitative estimate of drug-likeness (QED) is 0.746. The Morgan fingerprint density at radius 3 is 2.56 bits per heavy atom. The van der Waals surface area contributed by atoms with Crippen molar-refractivity contribution in [1.29, 1.82) is 0 Å². The average molecular weight is 249 g/mol. The van der Waals surface area contributed by atoms with Crippen molar-refractivity contribution in [1.82, 2.24) is 4.90 Å². The lowest BCUT2D eigenvalue weighted by molar-refractivity contribution is 0.171. The number of hydrogen-bond donors (Lipinski definition) is 1. The van der Waals surface area contributed by atoms with Gasteiger partial charge in [-0.25, -0.2) is 0 Å². The molecule has 2 aliphatic rings. The Morgan fingerprint density at radius 1 is 1.06 bits per heavy atom. The number of hydrogen-bond acceptors (Lipinski definition) is 5. The second-order valence-electron chi connectivity index (χ2n) is 4.85. The minimum atomic E-state index is 0.596. The summed E-state index contributed by atoms with van der Waals surface area (Å²) in [6.45, 7) is 5.32. The van der Waals surface area contributed by atoms with E-state index in [1.54, 1.807) is 0 Å². The van der Waals surface area contributed by atoms with Gasteiger partial charge in [0.2, 0.25) is 0 Å². The Kier molecular flexibility index (Phi) is 2.91. The van der Waals surface area contributed by atoms with Crippen LogP contribution in [0.1, 0.15) is 0 Å². The van der Waals surface area contributed by atoms with Crippen LogP contribution < -0.4 is 20.1 Å². The van der Waals surface area contributed by atoms with Crippen LogP contribution in [0.4, 0.5) is 11.4 Å². The van der Waals surface area contributed by atoms with Gasteiger partial charge >= 0.3 is 0 Å². The molecule has 2 aliphatic heterocycles. The normalized spacial score (nSPS) is 19.9. The van der Waals surface area contributed by atoms with Crippen LogP contribution in [0.25, 0.3) is 0 Å². The molecule has 0 unspecified atom stereocenters. The van der Waals surface area contributed by atoms with Crippen molar-refractivity contribution < 1.29 is 9.47 Å². The Morgan fingerprint density at radius 2 is 1.78 bits per heavy atom. The second-order valence-corrected chi connectivity index (χ2v) is 4.85. The molecule has 0 aliphatic carbocycles. The molecule has 5 heteroatoms. The van der Waals surface area contributed by atoms with Gasteiger partial charge in [0.05, 0.1) is 5.69 Å². The lowest BCUT2D eigenvalue weighted by atomic mass is 10.2. The van der Waals surface area contributed by atoms with Gasteiger partial charge < -0.3 is 25.0 Å². The summed E-state index contributed by atoms with van der Waals surface area (Å²) in [4.78, 5) is 4.65. The molecule has 1 aromatic carbocycles. The van der Waals surface area contributed by atoms with Crippen molar-refractivity contribution in [3.05, 3.63) is 12.1 Å². The number of likely N-dealkylation sites (N-methyl/N-ethyl adjacent to an activating group) is 1. The highest BCUT2D eigenvalue weighted by Gasteiger charge is 2.23. The number of nitrogens with zero attached hydrogens (tertiary/aromatic N) is 2. The number of anilines is 2. The fourth-order valence-electron chi connectivity index (χ4n) is 2.44. The van der Waals surface area contributed by atoms with Crippen molar-refractivity contribution in [3.8, 4) is 11.5 Å². The summed E-state index contributed by atoms with van der Waals surface area (Å²) >= 11 is 0. The van der Waals surface area contributed by atoms with Crippen molar-refractivity contribution in [3.63, 3.8) is 0 Å². The molecule has 0 bridgehead atoms. The first-order valence-electron chi connectivity index (χ1n) is 6.36. The fourth-order valence-corrected chi connectivity index (χ4v) is 2.44. The van der Waals surface area contributed by atoms with Crippen LogP contribution >= 0.6 is 0 Å². The maximum absolute atomic E-state index is 5.94. The van der Waals surface area contributed by atoms with Crippen LogP contribution in [-0.2, 0) is 0 Å². The average Bonchev–Trinajstić information content (AvgIpc) is 2.38. The molecule has 98 valence electrons. The lowest BCUT2D eigenvalue weighted by Gasteiger charge is -2.36. The number of fused-ring (bicyclic) bond motifs is 1. The minimum absolute atomic E-state index is 0.596. The van der Waals surface area contributed by atoms with E-state index in [0.29, 0.717) is 13.2 Å². The number of piperazine rings is 1. The number of nitrogen functional groups attached to an aromatic ring is 1. The van der Waals surface area contributed by atoms with Gasteiger partial charge in [0.1, 0.15) is 13.2 Å². The van der Waals surface area contributed by atoms with E-state index in [1.165, 1.54) is 0 Å². The first kappa shape index (κ1) is 11.5. The third-order valence-corrected chi connectivity index (χ3v) is 3.49. The Bertz CT molecular complexity index is 442. The summed E-state index contributed by atoms with van der Waals surface area (Å²) in [6.07, 6.45) is 0. The Labute approximate surface area is 107 Å². The predicted molar refractivity (Wildman–Crippen MR) is 71.6 cm³/mol. The molecule has 18 heavy (non-hydrogen) atoms. The standard InChI is InChI=1S/C13H19N3O2/c1-15-2-4-16(5-3-15)11-8-10(14)9-12-13(11)18-7-6-17-12/h8-9H,2-7,14H2,1H3. The molecule has 0 radical (unpaired) electrons. The van der Waals surface area contributed by atoms with Crippen LogP contribution in [0.3, 0.4) is 0 Å². The molecule has 1 aromatic rings. The van der Waals surface area contributed by atoms with Crippen molar-refractivity contribution in [2.24, 2.45) is 0 Å². The summed E-state index contributed by atoms with van der Waals surface area (Å²) in [5.74, 6) is 1.62. The fraction of sp³-hybridized carbons (Fsp3) is 0.538. The molecule has 0 amide bonds. The van der Waals surface area contributed by atoms with Crippen molar-refractivity contribution in [2.75, 3.05) is 57.1 Å². The van der Waals surface area contributed by atoms with Crippen molar-refractivity contribution >= 4 is 11.4 Å². The molecule has 5 nitrogen and oxygen atoms in total. The second kappa shape index (κ2) is 4.57. The van der Waals surface area contributed by atoms with E-state index in [0.717, 1.165) is 49.1 Å². The number of rotatable bonds is 1. The Hall–Kier alpha value is -1.62. The van der Waals surface area contributed by atoms with Gasteiger partial charge in [-0.2, -0.15) is 0 Å². The highest BCUT2D eigenvalue weighted by molar-refractivity contribution is 5.71.